The molecule has 3 rings (SSSR count). The van der Waals surface area contributed by atoms with Crippen LogP contribution in [0.5, 0.6) is 11.5 Å². The van der Waals surface area contributed by atoms with Crippen LogP contribution >= 0.6 is 11.3 Å². The topological polar surface area (TPSA) is 112 Å². The number of hydrogen-bond acceptors (Lipinski definition) is 7. The first kappa shape index (κ1) is 17.9. The summed E-state index contributed by atoms with van der Waals surface area (Å²) < 4.78 is 27.0. The molecule has 0 radical (unpaired) electrons. The van der Waals surface area contributed by atoms with E-state index in [2.05, 4.69) is 14.7 Å². The molecule has 0 saturated heterocycles. The molecule has 0 spiro atoms. The number of thiazole rings is 1. The van der Waals surface area contributed by atoms with Crippen LogP contribution in [0.25, 0.3) is 0 Å². The second kappa shape index (κ2) is 7.14. The minimum Gasteiger partial charge on any atom is -0.508 e. The molecule has 9 heteroatoms. The van der Waals surface area contributed by atoms with E-state index in [1.165, 1.54) is 41.8 Å². The highest BCUT2D eigenvalue weighted by atomic mass is 32.2. The standard InChI is InChI=1S/C17H15N3O4S2/c1-11(15-7-4-13(21)10-16(15)22)19-12-2-5-14(6-3-12)26(23,24)20-17-18-8-9-25-17/h2-10,21-22H,1H3,(H,18,20). The van der Waals surface area contributed by atoms with Crippen molar-refractivity contribution < 1.29 is 18.6 Å². The number of phenolic OH excluding ortho intramolecular Hbond substituents is 2. The van der Waals surface area contributed by atoms with Gasteiger partial charge in [-0.25, -0.2) is 13.4 Å². The fourth-order valence-electron chi connectivity index (χ4n) is 2.23. The van der Waals surface area contributed by atoms with Crippen LogP contribution < -0.4 is 4.72 Å². The van der Waals surface area contributed by atoms with Crippen LogP contribution in [0, 0.1) is 0 Å². The summed E-state index contributed by atoms with van der Waals surface area (Å²) in [6.45, 7) is 1.71. The Bertz CT molecular complexity index is 1040. The number of nitrogens with zero attached hydrogens (tertiary/aromatic N) is 2. The number of phenols is 2. The van der Waals surface area contributed by atoms with Crippen molar-refractivity contribution in [2.45, 2.75) is 11.8 Å². The average molecular weight is 389 g/mol. The SMILES string of the molecule is CC(=Nc1ccc(S(=O)(=O)Nc2nccs2)cc1)c1ccc(O)cc1O. The second-order valence-electron chi connectivity index (χ2n) is 5.34. The molecule has 2 aromatic carbocycles. The van der Waals surface area contributed by atoms with E-state index in [0.717, 1.165) is 0 Å². The molecule has 0 saturated carbocycles. The summed E-state index contributed by atoms with van der Waals surface area (Å²) in [5, 5.41) is 21.2. The van der Waals surface area contributed by atoms with Gasteiger partial charge >= 0.3 is 0 Å². The Morgan fingerprint density at radius 2 is 1.88 bits per heavy atom. The van der Waals surface area contributed by atoms with E-state index in [0.29, 0.717) is 22.1 Å². The van der Waals surface area contributed by atoms with E-state index in [9.17, 15) is 18.6 Å². The lowest BCUT2D eigenvalue weighted by Crippen LogP contribution is -2.12. The highest BCUT2D eigenvalue weighted by molar-refractivity contribution is 7.93. The van der Waals surface area contributed by atoms with Gasteiger partial charge in [-0.15, -0.1) is 11.3 Å². The molecule has 0 amide bonds. The van der Waals surface area contributed by atoms with Crippen molar-refractivity contribution in [1.29, 1.82) is 0 Å². The van der Waals surface area contributed by atoms with Gasteiger partial charge < -0.3 is 10.2 Å². The van der Waals surface area contributed by atoms with Crippen molar-refractivity contribution >= 4 is 37.9 Å². The first-order chi connectivity index (χ1) is 12.3. The van der Waals surface area contributed by atoms with Crippen LogP contribution in [0.15, 0.2) is 63.9 Å². The number of sulfonamides is 1. The lowest BCUT2D eigenvalue weighted by Gasteiger charge is -2.07. The molecule has 134 valence electrons. The van der Waals surface area contributed by atoms with Crippen LogP contribution in [0.1, 0.15) is 12.5 Å². The second-order valence-corrected chi connectivity index (χ2v) is 7.91. The minimum atomic E-state index is -3.71. The predicted molar refractivity (Wildman–Crippen MR) is 101 cm³/mol. The van der Waals surface area contributed by atoms with E-state index in [1.807, 2.05) is 0 Å². The third-order valence-corrected chi connectivity index (χ3v) is 5.64. The molecule has 0 aliphatic carbocycles. The van der Waals surface area contributed by atoms with Crippen LogP contribution in [-0.4, -0.2) is 29.3 Å². The van der Waals surface area contributed by atoms with E-state index < -0.39 is 10.0 Å². The van der Waals surface area contributed by atoms with Gasteiger partial charge in [0.15, 0.2) is 5.13 Å². The Kier molecular flexibility index (Phi) is 4.92. The minimum absolute atomic E-state index is 0.0404. The maximum absolute atomic E-state index is 12.3. The van der Waals surface area contributed by atoms with Gasteiger partial charge in [0.1, 0.15) is 11.5 Å². The van der Waals surface area contributed by atoms with Crippen LogP contribution in [0.2, 0.25) is 0 Å². The lowest BCUT2D eigenvalue weighted by molar-refractivity contribution is 0.450. The van der Waals surface area contributed by atoms with Gasteiger partial charge in [0.25, 0.3) is 10.0 Å². The number of anilines is 1. The molecule has 0 atom stereocenters. The average Bonchev–Trinajstić information content (AvgIpc) is 3.07. The first-order valence-corrected chi connectivity index (χ1v) is 9.81. The van der Waals surface area contributed by atoms with Gasteiger partial charge in [-0.05, 0) is 43.3 Å². The van der Waals surface area contributed by atoms with E-state index in [1.54, 1.807) is 30.5 Å². The number of nitrogens with one attached hydrogen (secondary N) is 1. The molecule has 0 aliphatic rings. The highest BCUT2D eigenvalue weighted by Gasteiger charge is 2.15. The molecule has 7 nitrogen and oxygen atoms in total. The summed E-state index contributed by atoms with van der Waals surface area (Å²) in [7, 11) is -3.71. The molecule has 3 aromatic rings. The van der Waals surface area contributed by atoms with Crippen molar-refractivity contribution in [3.8, 4) is 11.5 Å². The third-order valence-electron chi connectivity index (χ3n) is 3.47. The molecule has 0 bridgehead atoms. The van der Waals surface area contributed by atoms with Crippen molar-refractivity contribution in [3.63, 3.8) is 0 Å². The van der Waals surface area contributed by atoms with Crippen LogP contribution in [-0.2, 0) is 10.0 Å². The van der Waals surface area contributed by atoms with Gasteiger partial charge in [0.2, 0.25) is 0 Å². The molecule has 1 heterocycles. The molecule has 0 unspecified atom stereocenters. The summed E-state index contributed by atoms with van der Waals surface area (Å²) in [4.78, 5) is 8.36. The van der Waals surface area contributed by atoms with Gasteiger partial charge in [-0.1, -0.05) is 0 Å². The summed E-state index contributed by atoms with van der Waals surface area (Å²) >= 11 is 1.19. The zero-order chi connectivity index (χ0) is 18.7. The van der Waals surface area contributed by atoms with Crippen molar-refractivity contribution in [1.82, 2.24) is 4.98 Å². The predicted octanol–water partition coefficient (Wildman–Crippen LogP) is 3.50. The van der Waals surface area contributed by atoms with Gasteiger partial charge in [-0.2, -0.15) is 0 Å². The Morgan fingerprint density at radius 1 is 1.15 bits per heavy atom. The molecule has 0 fully saturated rings. The normalized spacial score (nSPS) is 12.1. The largest absolute Gasteiger partial charge is 0.508 e. The fraction of sp³-hybridized carbons (Fsp3) is 0.0588. The lowest BCUT2D eigenvalue weighted by atomic mass is 10.1. The summed E-state index contributed by atoms with van der Waals surface area (Å²) in [5.41, 5.74) is 1.53. The van der Waals surface area contributed by atoms with E-state index in [-0.39, 0.29) is 16.4 Å². The Hall–Kier alpha value is -2.91. The van der Waals surface area contributed by atoms with Gasteiger partial charge in [0, 0.05) is 28.9 Å². The van der Waals surface area contributed by atoms with Crippen LogP contribution in [0.3, 0.4) is 0 Å². The van der Waals surface area contributed by atoms with Crippen molar-refractivity contribution in [2.24, 2.45) is 4.99 Å². The maximum atomic E-state index is 12.3. The molecule has 1 aromatic heterocycles. The smallest absolute Gasteiger partial charge is 0.263 e. The van der Waals surface area contributed by atoms with E-state index in [4.69, 9.17) is 0 Å². The number of hydrogen-bond donors (Lipinski definition) is 3. The molecular weight excluding hydrogens is 374 g/mol. The summed E-state index contributed by atoms with van der Waals surface area (Å²) in [5.74, 6) is -0.126. The Morgan fingerprint density at radius 3 is 2.50 bits per heavy atom. The first-order valence-electron chi connectivity index (χ1n) is 7.45. The Labute approximate surface area is 154 Å². The van der Waals surface area contributed by atoms with Gasteiger partial charge in [0.05, 0.1) is 10.6 Å². The van der Waals surface area contributed by atoms with E-state index >= 15 is 0 Å². The summed E-state index contributed by atoms with van der Waals surface area (Å²) in [6, 6.07) is 10.3. The molecule has 3 N–H and O–H groups in total. The highest BCUT2D eigenvalue weighted by Crippen LogP contribution is 2.25. The fourth-order valence-corrected chi connectivity index (χ4v) is 4.02. The zero-order valence-electron chi connectivity index (χ0n) is 13.6. The van der Waals surface area contributed by atoms with Gasteiger partial charge in [-0.3, -0.25) is 9.71 Å². The summed E-state index contributed by atoms with van der Waals surface area (Å²) in [6.07, 6.45) is 1.52. The molecule has 26 heavy (non-hydrogen) atoms. The van der Waals surface area contributed by atoms with Crippen molar-refractivity contribution in [2.75, 3.05) is 4.72 Å². The Balaban J connectivity index is 1.83. The number of rotatable bonds is 5. The zero-order valence-corrected chi connectivity index (χ0v) is 15.3. The third kappa shape index (κ3) is 4.01. The quantitative estimate of drug-likeness (QED) is 0.578. The maximum Gasteiger partial charge on any atom is 0.263 e. The molecule has 0 aliphatic heterocycles. The number of benzene rings is 2. The number of aromatic nitrogens is 1. The van der Waals surface area contributed by atoms with Crippen LogP contribution in [0.4, 0.5) is 10.8 Å². The van der Waals surface area contributed by atoms with Crippen molar-refractivity contribution in [3.05, 3.63) is 59.6 Å². The molecular formula is C17H15N3O4S2. The monoisotopic (exact) mass is 389 g/mol. The number of aliphatic imine (C=N–C) groups is 1. The number of aromatic hydroxyl groups is 2.